The number of imide groups is 1. The number of carbonyl (C=O) groups is 2. The second-order valence-electron chi connectivity index (χ2n) is 15.4. The van der Waals surface area contributed by atoms with Crippen molar-refractivity contribution in [3.05, 3.63) is 144 Å². The summed E-state index contributed by atoms with van der Waals surface area (Å²) < 4.78 is 27.4. The van der Waals surface area contributed by atoms with Gasteiger partial charge in [0.25, 0.3) is 5.56 Å². The molecule has 318 valence electrons. The lowest BCUT2D eigenvalue weighted by molar-refractivity contribution is -0.124. The van der Waals surface area contributed by atoms with Crippen LogP contribution in [0.5, 0.6) is 28.7 Å². The summed E-state index contributed by atoms with van der Waals surface area (Å²) in [6, 6.07) is 20.7. The number of halogens is 1. The van der Waals surface area contributed by atoms with E-state index in [2.05, 4.69) is 4.98 Å². The molecule has 62 heavy (non-hydrogen) atoms. The smallest absolute Gasteiger partial charge is 0.347 e. The van der Waals surface area contributed by atoms with E-state index in [0.29, 0.717) is 38.7 Å². The van der Waals surface area contributed by atoms with Crippen molar-refractivity contribution in [3.8, 4) is 28.7 Å². The molecule has 9 rings (SSSR count). The summed E-state index contributed by atoms with van der Waals surface area (Å²) >= 11 is 6.43. The lowest BCUT2D eigenvalue weighted by Crippen LogP contribution is -2.53. The van der Waals surface area contributed by atoms with Crippen molar-refractivity contribution in [2.75, 3.05) is 33.3 Å². The van der Waals surface area contributed by atoms with Crippen molar-refractivity contribution < 1.29 is 33.6 Å². The summed E-state index contributed by atoms with van der Waals surface area (Å²) in [7, 11) is 7.44. The third-order valence-corrected chi connectivity index (χ3v) is 12.8. The maximum atomic E-state index is 15.6. The SMILES string of the molecule is COc1cc(O)c([C@H]2C3=CCn4c(=O)n(CCc5nc6cc(OC)c(OC)cc6n(C)c5=O)c(=O)n4[C@@H]3C[C@H]3C(=O)N(c4cccc(Cl)c4)C(=O)[C@@]23c2ccccc2)c(OC)c1. The number of hydrogen-bond acceptors (Lipinski definition) is 11. The van der Waals surface area contributed by atoms with E-state index < -0.39 is 52.0 Å². The molecule has 1 saturated heterocycles. The van der Waals surface area contributed by atoms with Crippen molar-refractivity contribution in [2.45, 2.75) is 43.3 Å². The minimum atomic E-state index is -1.69. The van der Waals surface area contributed by atoms with Crippen molar-refractivity contribution in [3.63, 3.8) is 0 Å². The number of allylic oxidation sites excluding steroid dienone is 2. The van der Waals surface area contributed by atoms with E-state index in [-0.39, 0.29) is 60.1 Å². The Morgan fingerprint density at radius 1 is 0.839 bits per heavy atom. The fourth-order valence-corrected chi connectivity index (χ4v) is 10.00. The van der Waals surface area contributed by atoms with Gasteiger partial charge in [0.1, 0.15) is 22.9 Å². The number of aryl methyl sites for hydroxylation is 2. The number of anilines is 1. The van der Waals surface area contributed by atoms with Gasteiger partial charge in [0, 0.05) is 60.8 Å². The first-order chi connectivity index (χ1) is 29.9. The third kappa shape index (κ3) is 5.80. The van der Waals surface area contributed by atoms with E-state index in [9.17, 15) is 19.5 Å². The van der Waals surface area contributed by atoms with Gasteiger partial charge in [-0.05, 0) is 35.8 Å². The first-order valence-corrected chi connectivity index (χ1v) is 20.1. The molecule has 0 radical (unpaired) electrons. The Labute approximate surface area is 358 Å². The molecule has 0 unspecified atom stereocenters. The first-order valence-electron chi connectivity index (χ1n) is 19.8. The van der Waals surface area contributed by atoms with E-state index in [1.54, 1.807) is 79.9 Å². The second-order valence-corrected chi connectivity index (χ2v) is 15.8. The number of benzene rings is 4. The number of amides is 2. The van der Waals surface area contributed by atoms with Gasteiger partial charge in [-0.15, -0.1) is 0 Å². The van der Waals surface area contributed by atoms with Gasteiger partial charge in [0.2, 0.25) is 11.8 Å². The Morgan fingerprint density at radius 2 is 1.56 bits per heavy atom. The summed E-state index contributed by atoms with van der Waals surface area (Å²) in [6.45, 7) is -0.280. The summed E-state index contributed by atoms with van der Waals surface area (Å²) in [5.41, 5.74) is -0.883. The largest absolute Gasteiger partial charge is 0.507 e. The number of methoxy groups -OCH3 is 4. The number of hydrogen-bond donors (Lipinski definition) is 1. The second kappa shape index (κ2) is 15.1. The summed E-state index contributed by atoms with van der Waals surface area (Å²) in [5.74, 6) is -2.33. The van der Waals surface area contributed by atoms with Gasteiger partial charge in [-0.1, -0.05) is 54.1 Å². The number of nitrogens with zero attached hydrogens (tertiary/aromatic N) is 6. The number of aromatic nitrogens is 5. The molecular formula is C45H41ClN6O10. The lowest BCUT2D eigenvalue weighted by Gasteiger charge is -2.49. The molecule has 0 bridgehead atoms. The zero-order valence-electron chi connectivity index (χ0n) is 34.3. The Morgan fingerprint density at radius 3 is 2.26 bits per heavy atom. The average molecular weight is 861 g/mol. The highest BCUT2D eigenvalue weighted by Crippen LogP contribution is 2.64. The highest BCUT2D eigenvalue weighted by Gasteiger charge is 2.69. The summed E-state index contributed by atoms with van der Waals surface area (Å²) in [4.78, 5) is 79.0. The molecule has 3 aliphatic rings. The molecule has 4 heterocycles. The third-order valence-electron chi connectivity index (χ3n) is 12.6. The Kier molecular flexibility index (Phi) is 9.84. The predicted molar refractivity (Wildman–Crippen MR) is 228 cm³/mol. The van der Waals surface area contributed by atoms with Crippen LogP contribution in [-0.4, -0.2) is 68.8 Å². The van der Waals surface area contributed by atoms with Crippen molar-refractivity contribution in [2.24, 2.45) is 13.0 Å². The Hall–Kier alpha value is -7.07. The molecule has 0 spiro atoms. The molecule has 2 aliphatic heterocycles. The molecule has 2 aromatic heterocycles. The maximum absolute atomic E-state index is 15.6. The minimum absolute atomic E-state index is 0.0675. The predicted octanol–water partition coefficient (Wildman–Crippen LogP) is 4.49. The highest BCUT2D eigenvalue weighted by molar-refractivity contribution is 6.32. The summed E-state index contributed by atoms with van der Waals surface area (Å²) in [6.07, 6.45) is 1.65. The summed E-state index contributed by atoms with van der Waals surface area (Å²) in [5, 5.41) is 12.3. The van der Waals surface area contributed by atoms with Gasteiger partial charge >= 0.3 is 11.4 Å². The molecule has 1 aliphatic carbocycles. The molecule has 4 atom stereocenters. The van der Waals surface area contributed by atoms with Crippen LogP contribution in [0.25, 0.3) is 11.0 Å². The number of rotatable bonds is 10. The van der Waals surface area contributed by atoms with E-state index in [4.69, 9.17) is 30.5 Å². The van der Waals surface area contributed by atoms with Gasteiger partial charge in [-0.3, -0.25) is 14.4 Å². The number of phenolic OH excluding ortho intramolecular Hbond substituents is 1. The van der Waals surface area contributed by atoms with Crippen LogP contribution in [0.15, 0.2) is 105 Å². The van der Waals surface area contributed by atoms with Gasteiger partial charge in [-0.25, -0.2) is 33.4 Å². The monoisotopic (exact) mass is 860 g/mol. The van der Waals surface area contributed by atoms with E-state index in [1.807, 2.05) is 0 Å². The normalized spacial score (nSPS) is 20.4. The number of fused-ring (bicyclic) bond motifs is 5. The number of ether oxygens (including phenoxy) is 4. The quantitative estimate of drug-likeness (QED) is 0.152. The van der Waals surface area contributed by atoms with E-state index in [0.717, 1.165) is 9.47 Å². The fraction of sp³-hybridized carbons (Fsp3) is 0.289. The van der Waals surface area contributed by atoms with Gasteiger partial charge in [0.15, 0.2) is 11.5 Å². The number of phenols is 1. The molecule has 16 nitrogen and oxygen atoms in total. The molecular weight excluding hydrogens is 820 g/mol. The first kappa shape index (κ1) is 40.3. The molecule has 6 aromatic rings. The van der Waals surface area contributed by atoms with Gasteiger partial charge < -0.3 is 28.6 Å². The van der Waals surface area contributed by atoms with Crippen LogP contribution in [-0.2, 0) is 41.6 Å². The lowest BCUT2D eigenvalue weighted by atomic mass is 9.53. The average Bonchev–Trinajstić information content (AvgIpc) is 3.66. The zero-order chi connectivity index (χ0) is 43.8. The van der Waals surface area contributed by atoms with Crippen molar-refractivity contribution in [1.82, 2.24) is 23.5 Å². The van der Waals surface area contributed by atoms with E-state index >= 15 is 9.59 Å². The van der Waals surface area contributed by atoms with Crippen LogP contribution in [0.4, 0.5) is 5.69 Å². The molecule has 1 N–H and O–H groups in total. The maximum Gasteiger partial charge on any atom is 0.347 e. The van der Waals surface area contributed by atoms with Crippen LogP contribution >= 0.6 is 11.6 Å². The Bertz CT molecular complexity index is 3060. The fourth-order valence-electron chi connectivity index (χ4n) is 9.81. The molecule has 2 fully saturated rings. The zero-order valence-corrected chi connectivity index (χ0v) is 35.1. The van der Waals surface area contributed by atoms with Crippen molar-refractivity contribution in [1.29, 1.82) is 0 Å². The van der Waals surface area contributed by atoms with E-state index in [1.165, 1.54) is 54.5 Å². The number of aromatic hydroxyl groups is 1. The van der Waals surface area contributed by atoms with Crippen LogP contribution in [0.3, 0.4) is 0 Å². The topological polar surface area (TPSA) is 178 Å². The highest BCUT2D eigenvalue weighted by atomic mass is 35.5. The number of carbonyl (C=O) groups excluding carboxylic acids is 2. The van der Waals surface area contributed by atoms with Crippen LogP contribution in [0, 0.1) is 5.92 Å². The molecule has 2 amide bonds. The minimum Gasteiger partial charge on any atom is -0.507 e. The molecule has 4 aromatic carbocycles. The Balaban J connectivity index is 1.21. The van der Waals surface area contributed by atoms with Crippen LogP contribution < -0.4 is 40.8 Å². The van der Waals surface area contributed by atoms with Crippen LogP contribution in [0.2, 0.25) is 5.02 Å². The standard InChI is InChI=1S/C45H41ClN6O10/c1-48-33-23-36(61-4)35(60-3)22-31(33)47-30(41(48)55)15-16-49-43(57)50-17-14-28-32(52(50)44(49)58)21-29-40(54)51(26-13-9-12-25(46)18-26)42(56)45(29,24-10-7-6-8-11-24)39(28)38-34(53)19-27(59-2)20-37(38)62-5/h6-14,18-20,22-23,29,32,39,53H,15-17,21H2,1-5H3/t29-,32+,39+,45+/m0/s1. The van der Waals surface area contributed by atoms with Crippen molar-refractivity contribution >= 4 is 40.1 Å². The van der Waals surface area contributed by atoms with Crippen LogP contribution in [0.1, 0.15) is 35.2 Å². The molecule has 1 saturated carbocycles. The molecule has 17 heteroatoms. The van der Waals surface area contributed by atoms with Gasteiger partial charge in [0.05, 0.1) is 69.1 Å². The van der Waals surface area contributed by atoms with Gasteiger partial charge in [-0.2, -0.15) is 0 Å².